The quantitative estimate of drug-likeness (QED) is 0.122. The van der Waals surface area contributed by atoms with E-state index in [1.165, 1.54) is 0 Å². The summed E-state index contributed by atoms with van der Waals surface area (Å²) < 4.78 is 5.80. The zero-order valence-electron chi connectivity index (χ0n) is 21.2. The van der Waals surface area contributed by atoms with Crippen molar-refractivity contribution in [1.29, 1.82) is 0 Å². The lowest BCUT2D eigenvalue weighted by Gasteiger charge is -2.27. The molecular formula is C31H30N2O4. The molecule has 0 N–H and O–H groups in total. The Bertz CT molecular complexity index is 1360. The van der Waals surface area contributed by atoms with E-state index in [1.807, 2.05) is 103 Å². The van der Waals surface area contributed by atoms with Crippen LogP contribution >= 0.6 is 0 Å². The highest BCUT2D eigenvalue weighted by molar-refractivity contribution is 6.13. The molecule has 0 heterocycles. The van der Waals surface area contributed by atoms with Crippen molar-refractivity contribution in [3.05, 3.63) is 130 Å². The normalized spacial score (nSPS) is 12.9. The van der Waals surface area contributed by atoms with Gasteiger partial charge in [-0.2, -0.15) is 0 Å². The van der Waals surface area contributed by atoms with Crippen molar-refractivity contribution in [2.45, 2.75) is 38.3 Å². The third-order valence-electron chi connectivity index (χ3n) is 5.96. The molecule has 188 valence electrons. The van der Waals surface area contributed by atoms with Gasteiger partial charge in [0.1, 0.15) is 5.60 Å². The van der Waals surface area contributed by atoms with Gasteiger partial charge < -0.3 is 4.74 Å². The van der Waals surface area contributed by atoms with Crippen molar-refractivity contribution in [3.8, 4) is 0 Å². The molecule has 0 aliphatic carbocycles. The summed E-state index contributed by atoms with van der Waals surface area (Å²) in [5, 5.41) is 13.7. The van der Waals surface area contributed by atoms with E-state index in [1.54, 1.807) is 20.8 Å². The molecule has 0 aliphatic heterocycles. The minimum atomic E-state index is -1.15. The maximum absolute atomic E-state index is 13.7. The third-order valence-corrected chi connectivity index (χ3v) is 5.96. The topological polar surface area (TPSA) is 81.8 Å². The van der Waals surface area contributed by atoms with Gasteiger partial charge in [-0.3, -0.25) is 15.1 Å². The van der Waals surface area contributed by atoms with Crippen molar-refractivity contribution in [3.63, 3.8) is 0 Å². The maximum atomic E-state index is 13.7. The summed E-state index contributed by atoms with van der Waals surface area (Å²) in [5.74, 6) is -1.45. The van der Waals surface area contributed by atoms with Gasteiger partial charge in [0.25, 0.3) is 0 Å². The molecule has 6 heteroatoms. The van der Waals surface area contributed by atoms with E-state index < -0.39 is 30.1 Å². The zero-order chi connectivity index (χ0) is 26.4. The first-order valence-corrected chi connectivity index (χ1v) is 12.2. The maximum Gasteiger partial charge on any atom is 0.332 e. The van der Waals surface area contributed by atoms with E-state index in [0.29, 0.717) is 11.3 Å². The number of hydrogen-bond donors (Lipinski definition) is 0. The fourth-order valence-corrected chi connectivity index (χ4v) is 4.42. The Labute approximate surface area is 216 Å². The largest absolute Gasteiger partial charge is 0.458 e. The molecule has 0 bridgehead atoms. The lowest BCUT2D eigenvalue weighted by Crippen LogP contribution is -2.38. The van der Waals surface area contributed by atoms with Crippen molar-refractivity contribution >= 4 is 22.5 Å². The first-order chi connectivity index (χ1) is 17.7. The lowest BCUT2D eigenvalue weighted by atomic mass is 9.87. The summed E-state index contributed by atoms with van der Waals surface area (Å²) in [7, 11) is 0. The molecular weight excluding hydrogens is 464 g/mol. The van der Waals surface area contributed by atoms with Crippen LogP contribution in [0.25, 0.3) is 10.8 Å². The van der Waals surface area contributed by atoms with E-state index in [2.05, 4.69) is 0 Å². The molecule has 0 saturated heterocycles. The molecule has 6 nitrogen and oxygen atoms in total. The fourth-order valence-electron chi connectivity index (χ4n) is 4.42. The van der Waals surface area contributed by atoms with E-state index in [9.17, 15) is 14.9 Å². The summed E-state index contributed by atoms with van der Waals surface area (Å²) in [6.45, 7) is 4.86. The number of fused-ring (bicyclic) bond motifs is 1. The van der Waals surface area contributed by atoms with Gasteiger partial charge >= 0.3 is 5.97 Å². The molecule has 0 spiro atoms. The first kappa shape index (κ1) is 25.8. The monoisotopic (exact) mass is 494 g/mol. The summed E-state index contributed by atoms with van der Waals surface area (Å²) in [6.07, 6.45) is 0. The number of rotatable bonds is 8. The van der Waals surface area contributed by atoms with Crippen molar-refractivity contribution in [2.24, 2.45) is 4.99 Å². The predicted molar refractivity (Wildman–Crippen MR) is 147 cm³/mol. The molecule has 0 aromatic heterocycles. The number of aliphatic imine (C=N–C) groups is 1. The Morgan fingerprint density at radius 3 is 1.95 bits per heavy atom. The highest BCUT2D eigenvalue weighted by Gasteiger charge is 2.37. The number of nitro groups is 1. The van der Waals surface area contributed by atoms with Crippen molar-refractivity contribution < 1.29 is 14.5 Å². The number of carbonyl (C=O) groups excluding carboxylic acids is 1. The molecule has 4 aromatic carbocycles. The number of nitrogens with zero attached hydrogens (tertiary/aromatic N) is 2. The summed E-state index contributed by atoms with van der Waals surface area (Å²) in [4.78, 5) is 30.3. The van der Waals surface area contributed by atoms with Gasteiger partial charge in [0.05, 0.1) is 11.6 Å². The molecule has 0 unspecified atom stereocenters. The van der Waals surface area contributed by atoms with Crippen LogP contribution in [0.3, 0.4) is 0 Å². The molecule has 0 amide bonds. The van der Waals surface area contributed by atoms with E-state index in [4.69, 9.17) is 9.73 Å². The third kappa shape index (κ3) is 6.47. The molecule has 0 saturated carbocycles. The summed E-state index contributed by atoms with van der Waals surface area (Å²) in [6, 6.07) is 31.2. The van der Waals surface area contributed by atoms with Gasteiger partial charge in [0.2, 0.25) is 6.54 Å². The van der Waals surface area contributed by atoms with E-state index in [0.717, 1.165) is 21.9 Å². The van der Waals surface area contributed by atoms with Crippen LogP contribution in [0, 0.1) is 10.1 Å². The second-order valence-electron chi connectivity index (χ2n) is 9.88. The smallest absolute Gasteiger partial charge is 0.332 e. The first-order valence-electron chi connectivity index (χ1n) is 12.2. The molecule has 4 aromatic rings. The number of esters is 1. The van der Waals surface area contributed by atoms with Gasteiger partial charge in [-0.15, -0.1) is 0 Å². The van der Waals surface area contributed by atoms with Crippen molar-refractivity contribution in [2.75, 3.05) is 6.54 Å². The Morgan fingerprint density at radius 2 is 1.38 bits per heavy atom. The number of carbonyl (C=O) groups is 1. The molecule has 0 radical (unpaired) electrons. The average molecular weight is 495 g/mol. The van der Waals surface area contributed by atoms with Gasteiger partial charge in [0.15, 0.2) is 6.04 Å². The summed E-state index contributed by atoms with van der Waals surface area (Å²) >= 11 is 0. The minimum Gasteiger partial charge on any atom is -0.458 e. The van der Waals surface area contributed by atoms with Crippen LogP contribution in [0.2, 0.25) is 0 Å². The SMILES string of the molecule is CC(C)(C)OC(=O)[C@@H](N=C(c1ccccc1)c1ccccc1)[C@H](C[N+](=O)[O-])c1cccc2ccccc12. The predicted octanol–water partition coefficient (Wildman–Crippen LogP) is 6.45. The Morgan fingerprint density at radius 1 is 0.838 bits per heavy atom. The number of benzene rings is 4. The van der Waals surface area contributed by atoms with Gasteiger partial charge in [-0.25, -0.2) is 4.79 Å². The van der Waals surface area contributed by atoms with Crippen LogP contribution in [0.15, 0.2) is 108 Å². The van der Waals surface area contributed by atoms with Crippen LogP contribution in [0.5, 0.6) is 0 Å². The highest BCUT2D eigenvalue weighted by atomic mass is 16.6. The van der Waals surface area contributed by atoms with Gasteiger partial charge in [-0.1, -0.05) is 103 Å². The van der Waals surface area contributed by atoms with Crippen LogP contribution in [0.1, 0.15) is 43.4 Å². The Hall–Kier alpha value is -4.32. The highest BCUT2D eigenvalue weighted by Crippen LogP contribution is 2.32. The number of ether oxygens (including phenoxy) is 1. The molecule has 4 rings (SSSR count). The molecule has 2 atom stereocenters. The Kier molecular flexibility index (Phi) is 7.77. The zero-order valence-corrected chi connectivity index (χ0v) is 21.2. The second-order valence-corrected chi connectivity index (χ2v) is 9.88. The van der Waals surface area contributed by atoms with Crippen LogP contribution in [-0.2, 0) is 9.53 Å². The van der Waals surface area contributed by atoms with Crippen molar-refractivity contribution in [1.82, 2.24) is 0 Å². The van der Waals surface area contributed by atoms with E-state index in [-0.39, 0.29) is 4.92 Å². The standard InChI is InChI=1S/C31H30N2O4/c1-31(2,3)37-30(34)29(32-28(23-14-6-4-7-15-23)24-16-8-5-9-17-24)27(21-33(35)36)26-20-12-18-22-13-10-11-19-25(22)26/h4-20,27,29H,21H2,1-3H3/t27-,29+/m1/s1. The van der Waals surface area contributed by atoms with Crippen LogP contribution < -0.4 is 0 Å². The second kappa shape index (κ2) is 11.2. The van der Waals surface area contributed by atoms with Gasteiger partial charge in [0, 0.05) is 16.1 Å². The number of hydrogen-bond acceptors (Lipinski definition) is 5. The van der Waals surface area contributed by atoms with E-state index >= 15 is 0 Å². The molecule has 37 heavy (non-hydrogen) atoms. The Balaban J connectivity index is 1.96. The van der Waals surface area contributed by atoms with Crippen LogP contribution in [0.4, 0.5) is 0 Å². The average Bonchev–Trinajstić information content (AvgIpc) is 2.88. The fraction of sp³-hybridized carbons (Fsp3) is 0.226. The van der Waals surface area contributed by atoms with Crippen LogP contribution in [-0.4, -0.2) is 34.8 Å². The minimum absolute atomic E-state index is 0.385. The molecule has 0 fully saturated rings. The van der Waals surface area contributed by atoms with Gasteiger partial charge in [-0.05, 0) is 37.1 Å². The summed E-state index contributed by atoms with van der Waals surface area (Å²) in [5.41, 5.74) is 2.09. The lowest BCUT2D eigenvalue weighted by molar-refractivity contribution is -0.483. The molecule has 0 aliphatic rings.